The molecule has 3 atom stereocenters. The van der Waals surface area contributed by atoms with Crippen LogP contribution in [0.15, 0.2) is 30.3 Å². The highest BCUT2D eigenvalue weighted by Gasteiger charge is 2.50. The van der Waals surface area contributed by atoms with Crippen LogP contribution in [0.3, 0.4) is 0 Å². The number of carbonyl (C=O) groups excluding carboxylic acids is 2. The molecule has 0 aromatic heterocycles. The number of nitrogens with zero attached hydrogens (tertiary/aromatic N) is 1. The predicted octanol–water partition coefficient (Wildman–Crippen LogP) is 1.07. The molecule has 0 spiro atoms. The van der Waals surface area contributed by atoms with Gasteiger partial charge in [0.1, 0.15) is 0 Å². The zero-order chi connectivity index (χ0) is 16.8. The average Bonchev–Trinajstić information content (AvgIpc) is 2.53. The van der Waals surface area contributed by atoms with Crippen molar-refractivity contribution in [3.05, 3.63) is 35.9 Å². The minimum atomic E-state index is -0.270. The van der Waals surface area contributed by atoms with Crippen LogP contribution in [0.4, 0.5) is 4.79 Å². The molecule has 0 aliphatic carbocycles. The van der Waals surface area contributed by atoms with Crippen molar-refractivity contribution in [1.82, 2.24) is 15.5 Å². The number of hydrogen-bond acceptors (Lipinski definition) is 3. The molecule has 0 unspecified atom stereocenters. The van der Waals surface area contributed by atoms with Crippen molar-refractivity contribution in [2.45, 2.75) is 38.3 Å². The number of nitrogens with one attached hydrogen (secondary N) is 2. The number of carbonyl (C=O) groups is 2. The molecule has 1 saturated heterocycles. The fourth-order valence-electron chi connectivity index (χ4n) is 3.17. The summed E-state index contributed by atoms with van der Waals surface area (Å²) < 4.78 is 0. The molecule has 0 radical (unpaired) electrons. The summed E-state index contributed by atoms with van der Waals surface area (Å²) in [6, 6.07) is 9.20. The molecule has 1 aliphatic heterocycles. The summed E-state index contributed by atoms with van der Waals surface area (Å²) in [5.74, 6) is -0.112. The number of likely N-dealkylation sites (tertiary alicyclic amines) is 1. The van der Waals surface area contributed by atoms with Crippen molar-refractivity contribution in [3.8, 4) is 0 Å². The molecule has 1 aromatic carbocycles. The second-order valence-electron chi connectivity index (χ2n) is 5.83. The molecule has 3 N–H and O–H groups in total. The lowest BCUT2D eigenvalue weighted by Gasteiger charge is -2.54. The van der Waals surface area contributed by atoms with E-state index in [0.717, 1.165) is 12.0 Å². The van der Waals surface area contributed by atoms with Crippen molar-refractivity contribution in [2.75, 3.05) is 19.7 Å². The molecule has 0 saturated carbocycles. The van der Waals surface area contributed by atoms with Gasteiger partial charge in [-0.1, -0.05) is 37.3 Å². The summed E-state index contributed by atoms with van der Waals surface area (Å²) >= 11 is 0. The standard InChI is InChI=1S/C17H25N3O3/c1-3-9-18-17(23)20-14(10-19-12(2)22)16(15(20)11-21)13-7-5-4-6-8-13/h4-8,14-16,21H,3,9-11H2,1-2H3,(H,18,23)(H,19,22)/t14-,15-,16+/m0/s1. The topological polar surface area (TPSA) is 81.7 Å². The first-order valence-electron chi connectivity index (χ1n) is 8.06. The van der Waals surface area contributed by atoms with Crippen LogP contribution in [0.25, 0.3) is 0 Å². The zero-order valence-corrected chi connectivity index (χ0v) is 13.7. The Morgan fingerprint density at radius 3 is 2.43 bits per heavy atom. The maximum Gasteiger partial charge on any atom is 0.318 e. The van der Waals surface area contributed by atoms with Crippen LogP contribution < -0.4 is 10.6 Å². The molecule has 23 heavy (non-hydrogen) atoms. The molecule has 1 aliphatic rings. The van der Waals surface area contributed by atoms with E-state index >= 15 is 0 Å². The van der Waals surface area contributed by atoms with Crippen LogP contribution in [0.1, 0.15) is 31.7 Å². The van der Waals surface area contributed by atoms with Crippen LogP contribution >= 0.6 is 0 Å². The summed E-state index contributed by atoms with van der Waals surface area (Å²) in [5.41, 5.74) is 1.07. The summed E-state index contributed by atoms with van der Waals surface area (Å²) in [7, 11) is 0. The number of urea groups is 1. The van der Waals surface area contributed by atoms with Crippen LogP contribution in [0.5, 0.6) is 0 Å². The molecule has 1 aromatic rings. The number of amides is 3. The number of aliphatic hydroxyl groups excluding tert-OH is 1. The molecule has 1 heterocycles. The van der Waals surface area contributed by atoms with Crippen LogP contribution in [0, 0.1) is 0 Å². The lowest BCUT2D eigenvalue weighted by atomic mass is 9.75. The summed E-state index contributed by atoms with van der Waals surface area (Å²) in [4.78, 5) is 25.3. The molecule has 0 bridgehead atoms. The van der Waals surface area contributed by atoms with Crippen LogP contribution in [-0.2, 0) is 4.79 Å². The number of rotatable bonds is 6. The quantitative estimate of drug-likeness (QED) is 0.733. The third-order valence-electron chi connectivity index (χ3n) is 4.24. The van der Waals surface area contributed by atoms with E-state index in [0.29, 0.717) is 13.1 Å². The highest BCUT2D eigenvalue weighted by molar-refractivity contribution is 5.77. The van der Waals surface area contributed by atoms with Gasteiger partial charge in [-0.3, -0.25) is 4.79 Å². The SMILES string of the molecule is CCCNC(=O)N1[C@@H](CO)[C@H](c2ccccc2)[C@@H]1CNC(C)=O. The Labute approximate surface area is 136 Å². The Morgan fingerprint density at radius 2 is 1.87 bits per heavy atom. The predicted molar refractivity (Wildman–Crippen MR) is 88.1 cm³/mol. The van der Waals surface area contributed by atoms with Crippen LogP contribution in [0.2, 0.25) is 0 Å². The zero-order valence-electron chi connectivity index (χ0n) is 13.7. The normalized spacial score (nSPS) is 23.1. The Morgan fingerprint density at radius 1 is 1.17 bits per heavy atom. The van der Waals surface area contributed by atoms with E-state index in [9.17, 15) is 14.7 Å². The smallest absolute Gasteiger partial charge is 0.318 e. The Hall–Kier alpha value is -2.08. The van der Waals surface area contributed by atoms with Gasteiger partial charge in [0, 0.05) is 25.9 Å². The van der Waals surface area contributed by atoms with Crippen LogP contribution in [-0.4, -0.2) is 53.7 Å². The van der Waals surface area contributed by atoms with Crippen molar-refractivity contribution in [3.63, 3.8) is 0 Å². The maximum atomic E-state index is 12.4. The average molecular weight is 319 g/mol. The van der Waals surface area contributed by atoms with Crippen molar-refractivity contribution in [2.24, 2.45) is 0 Å². The summed E-state index contributed by atoms with van der Waals surface area (Å²) in [6.45, 7) is 4.32. The van der Waals surface area contributed by atoms with Gasteiger partial charge in [0.25, 0.3) is 0 Å². The number of hydrogen-bond donors (Lipinski definition) is 3. The molecule has 3 amide bonds. The Balaban J connectivity index is 2.19. The van der Waals surface area contributed by atoms with Gasteiger partial charge in [-0.15, -0.1) is 0 Å². The third kappa shape index (κ3) is 3.82. The van der Waals surface area contributed by atoms with Crippen molar-refractivity contribution in [1.29, 1.82) is 0 Å². The van der Waals surface area contributed by atoms with Gasteiger partial charge in [0.2, 0.25) is 5.91 Å². The molecular weight excluding hydrogens is 294 g/mol. The van der Waals surface area contributed by atoms with Gasteiger partial charge in [-0.2, -0.15) is 0 Å². The highest BCUT2D eigenvalue weighted by atomic mass is 16.3. The lowest BCUT2D eigenvalue weighted by molar-refractivity contribution is -0.119. The Bertz CT molecular complexity index is 535. The van der Waals surface area contributed by atoms with E-state index < -0.39 is 0 Å². The van der Waals surface area contributed by atoms with Crippen molar-refractivity contribution >= 4 is 11.9 Å². The van der Waals surface area contributed by atoms with Gasteiger partial charge in [-0.25, -0.2) is 4.79 Å². The molecule has 6 nitrogen and oxygen atoms in total. The van der Waals surface area contributed by atoms with Gasteiger partial charge < -0.3 is 20.6 Å². The third-order valence-corrected chi connectivity index (χ3v) is 4.24. The van der Waals surface area contributed by atoms with E-state index in [1.165, 1.54) is 6.92 Å². The van der Waals surface area contributed by atoms with E-state index in [1.54, 1.807) is 4.90 Å². The number of benzene rings is 1. The second-order valence-corrected chi connectivity index (χ2v) is 5.83. The van der Waals surface area contributed by atoms with Gasteiger partial charge in [0.05, 0.1) is 18.7 Å². The fraction of sp³-hybridized carbons (Fsp3) is 0.529. The monoisotopic (exact) mass is 319 g/mol. The van der Waals surface area contributed by atoms with Gasteiger partial charge in [-0.05, 0) is 12.0 Å². The Kier molecular flexibility index (Phi) is 5.98. The minimum Gasteiger partial charge on any atom is -0.394 e. The molecule has 6 heteroatoms. The van der Waals surface area contributed by atoms with E-state index in [4.69, 9.17) is 0 Å². The van der Waals surface area contributed by atoms with Gasteiger partial charge in [0.15, 0.2) is 0 Å². The molecule has 126 valence electrons. The fourth-order valence-corrected chi connectivity index (χ4v) is 3.17. The highest BCUT2D eigenvalue weighted by Crippen LogP contribution is 2.40. The van der Waals surface area contributed by atoms with Crippen molar-refractivity contribution < 1.29 is 14.7 Å². The lowest BCUT2D eigenvalue weighted by Crippen LogP contribution is -2.70. The maximum absolute atomic E-state index is 12.4. The first-order chi connectivity index (χ1) is 11.1. The first-order valence-corrected chi connectivity index (χ1v) is 8.06. The van der Waals surface area contributed by atoms with E-state index in [-0.39, 0.29) is 36.5 Å². The van der Waals surface area contributed by atoms with E-state index in [1.807, 2.05) is 37.3 Å². The largest absolute Gasteiger partial charge is 0.394 e. The second kappa shape index (κ2) is 7.97. The summed E-state index contributed by atoms with van der Waals surface area (Å²) in [6.07, 6.45) is 0.849. The van der Waals surface area contributed by atoms with E-state index in [2.05, 4.69) is 10.6 Å². The molecule has 2 rings (SSSR count). The first kappa shape index (κ1) is 17.3. The van der Waals surface area contributed by atoms with Gasteiger partial charge >= 0.3 is 6.03 Å². The minimum absolute atomic E-state index is 0.0143. The summed E-state index contributed by atoms with van der Waals surface area (Å²) in [5, 5.41) is 15.4. The molecule has 1 fully saturated rings. The number of aliphatic hydroxyl groups is 1. The molecular formula is C17H25N3O3.